The molecule has 2 aliphatic rings. The number of nitrogens with zero attached hydrogens (tertiary/aromatic N) is 2. The Morgan fingerprint density at radius 1 is 1.03 bits per heavy atom. The fraction of sp³-hybridized carbons (Fsp3) is 0.538. The summed E-state index contributed by atoms with van der Waals surface area (Å²) in [5, 5.41) is 10.2. The topological polar surface area (TPSA) is 53.4 Å². The van der Waals surface area contributed by atoms with Gasteiger partial charge in [0.25, 0.3) is 5.91 Å². The molecule has 0 aliphatic heterocycles. The monoisotopic (exact) mass is 478 g/mol. The van der Waals surface area contributed by atoms with Crippen molar-refractivity contribution in [3.05, 3.63) is 65.2 Å². The number of aliphatic hydroxyl groups is 1. The Labute approximate surface area is 197 Å². The fourth-order valence-corrected chi connectivity index (χ4v) is 4.94. The molecule has 0 spiro atoms. The predicted molar refractivity (Wildman–Crippen MR) is 120 cm³/mol. The molecular formula is C26H30F4N2O2. The Morgan fingerprint density at radius 2 is 1.62 bits per heavy atom. The first-order valence-corrected chi connectivity index (χ1v) is 11.7. The Morgan fingerprint density at radius 3 is 2.09 bits per heavy atom. The van der Waals surface area contributed by atoms with Crippen LogP contribution in [0.4, 0.5) is 17.6 Å². The summed E-state index contributed by atoms with van der Waals surface area (Å²) in [5.41, 5.74) is -1.41. The van der Waals surface area contributed by atoms with Gasteiger partial charge < -0.3 is 10.0 Å². The van der Waals surface area contributed by atoms with Crippen molar-refractivity contribution >= 4 is 5.91 Å². The first-order chi connectivity index (χ1) is 16.0. The molecule has 0 atom stereocenters. The van der Waals surface area contributed by atoms with Crippen LogP contribution in [0.1, 0.15) is 74.0 Å². The number of rotatable bonds is 6. The van der Waals surface area contributed by atoms with Gasteiger partial charge in [0.05, 0.1) is 18.2 Å². The third kappa shape index (κ3) is 4.57. The fourth-order valence-electron chi connectivity index (χ4n) is 4.94. The normalized spacial score (nSPS) is 23.6. The number of alkyl halides is 3. The summed E-state index contributed by atoms with van der Waals surface area (Å²) in [4.78, 5) is 19.5. The van der Waals surface area contributed by atoms with Gasteiger partial charge in [0.1, 0.15) is 5.82 Å². The Hall–Kier alpha value is -2.48. The van der Waals surface area contributed by atoms with Gasteiger partial charge in [0.15, 0.2) is 0 Å². The Balaban J connectivity index is 1.50. The van der Waals surface area contributed by atoms with Crippen molar-refractivity contribution in [2.24, 2.45) is 0 Å². The van der Waals surface area contributed by atoms with Crippen LogP contribution < -0.4 is 0 Å². The number of amides is 1. The molecule has 1 heterocycles. The van der Waals surface area contributed by atoms with Crippen LogP contribution in [0, 0.1) is 5.82 Å². The minimum absolute atomic E-state index is 0.0218. The number of halogens is 4. The minimum Gasteiger partial charge on any atom is -0.395 e. The number of carbonyl (C=O) groups is 1. The number of pyridine rings is 1. The number of aromatic nitrogens is 1. The predicted octanol–water partition coefficient (Wildman–Crippen LogP) is 5.54. The average Bonchev–Trinajstić information content (AvgIpc) is 3.65. The lowest BCUT2D eigenvalue weighted by molar-refractivity contribution is -0.180. The largest absolute Gasteiger partial charge is 0.397 e. The van der Waals surface area contributed by atoms with Gasteiger partial charge in [-0.3, -0.25) is 9.78 Å². The van der Waals surface area contributed by atoms with E-state index in [9.17, 15) is 27.5 Å². The summed E-state index contributed by atoms with van der Waals surface area (Å²) < 4.78 is 53.5. The van der Waals surface area contributed by atoms with Crippen LogP contribution in [0.2, 0.25) is 0 Å². The lowest BCUT2D eigenvalue weighted by Gasteiger charge is -2.42. The standard InChI is InChI=1S/C26H30F4N2O2/c1-24(2,26(28,29)30)18-5-3-17(4-6-18)23(34)32(20-8-9-20)21-11-13-25(16-33,14-12-21)22-10-7-19(27)15-31-22/h3-7,10,15,20-21,33H,8-9,11-14,16H2,1-2H3. The van der Waals surface area contributed by atoms with Crippen LogP contribution in [0.5, 0.6) is 0 Å². The molecule has 0 saturated heterocycles. The zero-order chi connectivity index (χ0) is 24.7. The molecule has 2 aliphatic carbocycles. The van der Waals surface area contributed by atoms with Crippen molar-refractivity contribution in [1.82, 2.24) is 9.88 Å². The molecule has 0 radical (unpaired) electrons. The molecule has 1 aromatic heterocycles. The molecule has 1 N–H and O–H groups in total. The van der Waals surface area contributed by atoms with Crippen LogP contribution in [0.3, 0.4) is 0 Å². The molecule has 1 amide bonds. The van der Waals surface area contributed by atoms with Crippen molar-refractivity contribution in [2.75, 3.05) is 6.61 Å². The van der Waals surface area contributed by atoms with Crippen LogP contribution in [0.25, 0.3) is 0 Å². The van der Waals surface area contributed by atoms with Crippen LogP contribution >= 0.6 is 0 Å². The molecule has 0 unspecified atom stereocenters. The van der Waals surface area contributed by atoms with Crippen molar-refractivity contribution < 1.29 is 27.5 Å². The van der Waals surface area contributed by atoms with Gasteiger partial charge in [-0.15, -0.1) is 0 Å². The third-order valence-electron chi connectivity index (χ3n) is 7.62. The maximum Gasteiger partial charge on any atom is 0.397 e. The van der Waals surface area contributed by atoms with Gasteiger partial charge >= 0.3 is 6.18 Å². The zero-order valence-electron chi connectivity index (χ0n) is 19.4. The Kier molecular flexibility index (Phi) is 6.48. The van der Waals surface area contributed by atoms with Crippen molar-refractivity contribution in [2.45, 2.75) is 81.5 Å². The molecule has 2 fully saturated rings. The highest BCUT2D eigenvalue weighted by Gasteiger charge is 2.48. The van der Waals surface area contributed by atoms with Gasteiger partial charge in [-0.2, -0.15) is 13.2 Å². The maximum atomic E-state index is 13.4. The van der Waals surface area contributed by atoms with Crippen molar-refractivity contribution in [3.8, 4) is 0 Å². The average molecular weight is 479 g/mol. The van der Waals surface area contributed by atoms with E-state index in [1.165, 1.54) is 30.3 Å². The van der Waals surface area contributed by atoms with E-state index in [0.717, 1.165) is 32.9 Å². The van der Waals surface area contributed by atoms with E-state index >= 15 is 0 Å². The van der Waals surface area contributed by atoms with E-state index in [0.29, 0.717) is 36.9 Å². The number of hydrogen-bond acceptors (Lipinski definition) is 3. The number of benzene rings is 1. The zero-order valence-corrected chi connectivity index (χ0v) is 19.4. The van der Waals surface area contributed by atoms with E-state index in [1.54, 1.807) is 6.07 Å². The highest BCUT2D eigenvalue weighted by atomic mass is 19.4. The highest BCUT2D eigenvalue weighted by molar-refractivity contribution is 5.95. The van der Waals surface area contributed by atoms with E-state index < -0.39 is 22.8 Å². The molecule has 184 valence electrons. The summed E-state index contributed by atoms with van der Waals surface area (Å²) in [6.07, 6.45) is 1.14. The molecule has 2 aromatic rings. The molecular weight excluding hydrogens is 448 g/mol. The van der Waals surface area contributed by atoms with E-state index in [-0.39, 0.29) is 30.2 Å². The summed E-state index contributed by atoms with van der Waals surface area (Å²) >= 11 is 0. The number of hydrogen-bond donors (Lipinski definition) is 1. The molecule has 4 nitrogen and oxygen atoms in total. The first-order valence-electron chi connectivity index (χ1n) is 11.7. The van der Waals surface area contributed by atoms with Crippen LogP contribution in [-0.4, -0.2) is 45.8 Å². The van der Waals surface area contributed by atoms with Gasteiger partial charge in [-0.05, 0) is 82.2 Å². The van der Waals surface area contributed by atoms with Crippen molar-refractivity contribution in [1.29, 1.82) is 0 Å². The molecule has 4 rings (SSSR count). The summed E-state index contributed by atoms with van der Waals surface area (Å²) in [6, 6.07) is 8.83. The second kappa shape index (κ2) is 8.95. The Bertz CT molecular complexity index is 1010. The van der Waals surface area contributed by atoms with E-state index in [2.05, 4.69) is 4.98 Å². The summed E-state index contributed by atoms with van der Waals surface area (Å²) in [7, 11) is 0. The van der Waals surface area contributed by atoms with Gasteiger partial charge in [-0.1, -0.05) is 12.1 Å². The van der Waals surface area contributed by atoms with Gasteiger partial charge in [0.2, 0.25) is 0 Å². The maximum absolute atomic E-state index is 13.4. The van der Waals surface area contributed by atoms with Gasteiger partial charge in [0, 0.05) is 28.8 Å². The van der Waals surface area contributed by atoms with Crippen LogP contribution in [0.15, 0.2) is 42.6 Å². The van der Waals surface area contributed by atoms with Crippen molar-refractivity contribution in [3.63, 3.8) is 0 Å². The summed E-state index contributed by atoms with van der Waals surface area (Å²) in [5.74, 6) is -0.596. The minimum atomic E-state index is -4.39. The lowest BCUT2D eigenvalue weighted by atomic mass is 9.70. The second-order valence-electron chi connectivity index (χ2n) is 10.2. The van der Waals surface area contributed by atoms with E-state index in [4.69, 9.17) is 0 Å². The summed E-state index contributed by atoms with van der Waals surface area (Å²) in [6.45, 7) is 2.16. The smallest absolute Gasteiger partial charge is 0.395 e. The third-order valence-corrected chi connectivity index (χ3v) is 7.62. The number of aliphatic hydroxyl groups excluding tert-OH is 1. The SMILES string of the molecule is CC(C)(c1ccc(C(=O)N(C2CC2)C2CCC(CO)(c3ccc(F)cn3)CC2)cc1)C(F)(F)F. The van der Waals surface area contributed by atoms with E-state index in [1.807, 2.05) is 4.90 Å². The molecule has 34 heavy (non-hydrogen) atoms. The molecule has 0 bridgehead atoms. The highest BCUT2D eigenvalue weighted by Crippen LogP contribution is 2.43. The molecule has 1 aromatic carbocycles. The quantitative estimate of drug-likeness (QED) is 0.555. The first kappa shape index (κ1) is 24.6. The molecule has 8 heteroatoms. The van der Waals surface area contributed by atoms with Crippen LogP contribution in [-0.2, 0) is 10.8 Å². The number of carbonyl (C=O) groups excluding carboxylic acids is 1. The molecule has 2 saturated carbocycles. The lowest BCUT2D eigenvalue weighted by Crippen LogP contribution is -2.47. The second-order valence-corrected chi connectivity index (χ2v) is 10.2. The van der Waals surface area contributed by atoms with Gasteiger partial charge in [-0.25, -0.2) is 4.39 Å².